The van der Waals surface area contributed by atoms with E-state index in [0.29, 0.717) is 12.5 Å². The van der Waals surface area contributed by atoms with Crippen molar-refractivity contribution < 1.29 is 14.4 Å². The summed E-state index contributed by atoms with van der Waals surface area (Å²) in [6.07, 6.45) is 5.81. The summed E-state index contributed by atoms with van der Waals surface area (Å²) >= 11 is 0. The minimum absolute atomic E-state index is 0. The third-order valence-corrected chi connectivity index (χ3v) is 3.76. The summed E-state index contributed by atoms with van der Waals surface area (Å²) in [6.45, 7) is 1.53. The van der Waals surface area contributed by atoms with Crippen LogP contribution in [0.5, 0.6) is 0 Å². The molecule has 0 aromatic rings. The minimum atomic E-state index is -0.387. The molecule has 1 unspecified atom stereocenters. The fourth-order valence-electron chi connectivity index (χ4n) is 2.61. The number of rotatable bonds is 7. The first kappa shape index (κ1) is 20.7. The normalized spacial score (nSPS) is 16.1. The Morgan fingerprint density at radius 2 is 1.64 bits per heavy atom. The molecule has 1 atom stereocenters. The fourth-order valence-corrected chi connectivity index (χ4v) is 2.61. The predicted octanol–water partition coefficient (Wildman–Crippen LogP) is -0.316. The number of hydrogen-bond acceptors (Lipinski definition) is 4. The van der Waals surface area contributed by atoms with E-state index in [2.05, 4.69) is 16.0 Å². The van der Waals surface area contributed by atoms with Gasteiger partial charge < -0.3 is 21.7 Å². The maximum atomic E-state index is 11.8. The Labute approximate surface area is 137 Å². The quantitative estimate of drug-likeness (QED) is 0.511. The molecule has 0 aromatic heterocycles. The molecule has 3 amide bonds. The zero-order chi connectivity index (χ0) is 15.7. The Morgan fingerprint density at radius 1 is 1.05 bits per heavy atom. The molecule has 0 bridgehead atoms. The van der Waals surface area contributed by atoms with Gasteiger partial charge in [-0.05, 0) is 18.8 Å². The van der Waals surface area contributed by atoms with E-state index >= 15 is 0 Å². The van der Waals surface area contributed by atoms with E-state index in [0.717, 1.165) is 12.8 Å². The number of carbonyl (C=O) groups is 3. The van der Waals surface area contributed by atoms with E-state index < -0.39 is 0 Å². The molecular formula is C14H27ClN4O3. The third kappa shape index (κ3) is 8.19. The molecule has 7 nitrogen and oxygen atoms in total. The highest BCUT2D eigenvalue weighted by molar-refractivity contribution is 5.87. The highest BCUT2D eigenvalue weighted by Crippen LogP contribution is 2.26. The Bertz CT molecular complexity index is 373. The Balaban J connectivity index is 0.00000441. The average Bonchev–Trinajstić information content (AvgIpc) is 2.49. The van der Waals surface area contributed by atoms with Crippen LogP contribution >= 0.6 is 12.4 Å². The third-order valence-electron chi connectivity index (χ3n) is 3.76. The number of nitrogens with one attached hydrogen (secondary N) is 3. The van der Waals surface area contributed by atoms with Crippen molar-refractivity contribution >= 4 is 30.1 Å². The molecule has 1 aliphatic carbocycles. The van der Waals surface area contributed by atoms with Crippen molar-refractivity contribution in [1.82, 2.24) is 16.0 Å². The molecule has 128 valence electrons. The van der Waals surface area contributed by atoms with E-state index in [1.807, 2.05) is 0 Å². The molecule has 5 N–H and O–H groups in total. The smallest absolute Gasteiger partial charge is 0.239 e. The van der Waals surface area contributed by atoms with Gasteiger partial charge >= 0.3 is 0 Å². The van der Waals surface area contributed by atoms with Crippen LogP contribution < -0.4 is 21.7 Å². The standard InChI is InChI=1S/C14H26N4O3.ClH/c1-10(19)16-8-13(20)17-9-14(21)18-12(7-15)11-5-3-2-4-6-11;/h11-12H,2-9,15H2,1H3,(H,16,19)(H,17,20)(H,18,21);1H. The van der Waals surface area contributed by atoms with Gasteiger partial charge in [0.25, 0.3) is 0 Å². The number of amides is 3. The molecule has 1 aliphatic rings. The Kier molecular flexibility index (Phi) is 10.6. The van der Waals surface area contributed by atoms with Gasteiger partial charge in [0.15, 0.2) is 0 Å². The van der Waals surface area contributed by atoms with Crippen LogP contribution in [0.1, 0.15) is 39.0 Å². The van der Waals surface area contributed by atoms with E-state index in [1.54, 1.807) is 0 Å². The largest absolute Gasteiger partial charge is 0.350 e. The molecule has 1 fully saturated rings. The highest BCUT2D eigenvalue weighted by Gasteiger charge is 2.23. The zero-order valence-electron chi connectivity index (χ0n) is 13.0. The second-order valence-electron chi connectivity index (χ2n) is 5.49. The summed E-state index contributed by atoms with van der Waals surface area (Å²) in [7, 11) is 0. The van der Waals surface area contributed by atoms with Gasteiger partial charge in [-0.1, -0.05) is 19.3 Å². The molecule has 0 aliphatic heterocycles. The van der Waals surface area contributed by atoms with Crippen LogP contribution in [0.3, 0.4) is 0 Å². The molecule has 22 heavy (non-hydrogen) atoms. The van der Waals surface area contributed by atoms with Crippen molar-refractivity contribution in [3.63, 3.8) is 0 Å². The van der Waals surface area contributed by atoms with E-state index in [9.17, 15) is 14.4 Å². The van der Waals surface area contributed by atoms with Gasteiger partial charge in [-0.25, -0.2) is 0 Å². The van der Waals surface area contributed by atoms with E-state index in [1.165, 1.54) is 26.2 Å². The lowest BCUT2D eigenvalue weighted by Gasteiger charge is -2.30. The first-order chi connectivity index (χ1) is 10.0. The van der Waals surface area contributed by atoms with Gasteiger partial charge in [-0.15, -0.1) is 12.4 Å². The van der Waals surface area contributed by atoms with E-state index in [-0.39, 0.29) is 49.3 Å². The van der Waals surface area contributed by atoms with Crippen LogP contribution in [0.25, 0.3) is 0 Å². The molecule has 0 saturated heterocycles. The van der Waals surface area contributed by atoms with Crippen molar-refractivity contribution in [3.05, 3.63) is 0 Å². The van der Waals surface area contributed by atoms with Crippen LogP contribution in [-0.2, 0) is 14.4 Å². The van der Waals surface area contributed by atoms with Crippen molar-refractivity contribution in [3.8, 4) is 0 Å². The lowest BCUT2D eigenvalue weighted by molar-refractivity contribution is -0.127. The van der Waals surface area contributed by atoms with Gasteiger partial charge in [0.2, 0.25) is 17.7 Å². The Hall–Kier alpha value is -1.34. The van der Waals surface area contributed by atoms with Crippen molar-refractivity contribution in [1.29, 1.82) is 0 Å². The maximum Gasteiger partial charge on any atom is 0.239 e. The van der Waals surface area contributed by atoms with Crippen LogP contribution in [0.2, 0.25) is 0 Å². The zero-order valence-corrected chi connectivity index (χ0v) is 13.8. The predicted molar refractivity (Wildman–Crippen MR) is 86.5 cm³/mol. The molecule has 1 saturated carbocycles. The lowest BCUT2D eigenvalue weighted by Crippen LogP contribution is -2.49. The summed E-state index contributed by atoms with van der Waals surface area (Å²) in [5.41, 5.74) is 5.74. The fraction of sp³-hybridized carbons (Fsp3) is 0.786. The lowest BCUT2D eigenvalue weighted by atomic mass is 9.84. The molecule has 0 radical (unpaired) electrons. The summed E-state index contributed by atoms with van der Waals surface area (Å²) < 4.78 is 0. The number of halogens is 1. The van der Waals surface area contributed by atoms with Crippen molar-refractivity contribution in [2.45, 2.75) is 45.1 Å². The second-order valence-corrected chi connectivity index (χ2v) is 5.49. The summed E-state index contributed by atoms with van der Waals surface area (Å²) in [5.74, 6) is -0.479. The molecule has 0 heterocycles. The monoisotopic (exact) mass is 334 g/mol. The van der Waals surface area contributed by atoms with E-state index in [4.69, 9.17) is 5.73 Å². The number of carbonyl (C=O) groups excluding carboxylic acids is 3. The summed E-state index contributed by atoms with van der Waals surface area (Å²) in [6, 6.07) is -0.0231. The second kappa shape index (κ2) is 11.3. The molecule has 1 rings (SSSR count). The topological polar surface area (TPSA) is 113 Å². The molecule has 0 aromatic carbocycles. The molecule has 0 spiro atoms. The highest BCUT2D eigenvalue weighted by atomic mass is 35.5. The van der Waals surface area contributed by atoms with Crippen molar-refractivity contribution in [2.24, 2.45) is 11.7 Å². The van der Waals surface area contributed by atoms with Crippen molar-refractivity contribution in [2.75, 3.05) is 19.6 Å². The van der Waals surface area contributed by atoms with Gasteiger partial charge in [0.1, 0.15) is 0 Å². The molecular weight excluding hydrogens is 308 g/mol. The number of hydrogen-bond donors (Lipinski definition) is 4. The van der Waals surface area contributed by atoms with Gasteiger partial charge in [-0.3, -0.25) is 14.4 Å². The molecule has 8 heteroatoms. The van der Waals surface area contributed by atoms with Crippen LogP contribution in [0, 0.1) is 5.92 Å². The van der Waals surface area contributed by atoms with Crippen LogP contribution in [0.4, 0.5) is 0 Å². The first-order valence-corrected chi connectivity index (χ1v) is 7.53. The minimum Gasteiger partial charge on any atom is -0.350 e. The SMILES string of the molecule is CC(=O)NCC(=O)NCC(=O)NC(CN)C1CCCCC1.Cl. The van der Waals surface area contributed by atoms with Gasteiger partial charge in [0.05, 0.1) is 13.1 Å². The Morgan fingerprint density at radius 3 is 2.18 bits per heavy atom. The van der Waals surface area contributed by atoms with Crippen LogP contribution in [0.15, 0.2) is 0 Å². The summed E-state index contributed by atoms with van der Waals surface area (Å²) in [5, 5.41) is 7.72. The van der Waals surface area contributed by atoms with Crippen LogP contribution in [-0.4, -0.2) is 43.4 Å². The average molecular weight is 335 g/mol. The summed E-state index contributed by atoms with van der Waals surface area (Å²) in [4.78, 5) is 33.9. The van der Waals surface area contributed by atoms with Gasteiger partial charge in [0, 0.05) is 19.5 Å². The number of nitrogens with two attached hydrogens (primary N) is 1. The van der Waals surface area contributed by atoms with Gasteiger partial charge in [-0.2, -0.15) is 0 Å². The maximum absolute atomic E-state index is 11.8. The first-order valence-electron chi connectivity index (χ1n) is 7.53.